The fourth-order valence-corrected chi connectivity index (χ4v) is 2.52. The summed E-state index contributed by atoms with van der Waals surface area (Å²) in [7, 11) is -3.65. The van der Waals surface area contributed by atoms with E-state index >= 15 is 0 Å². The van der Waals surface area contributed by atoms with Crippen LogP contribution in [-0.4, -0.2) is 27.5 Å². The molecule has 0 aliphatic heterocycles. The monoisotopic (exact) mass is 310 g/mol. The Morgan fingerprint density at radius 1 is 1.33 bits per heavy atom. The zero-order valence-electron chi connectivity index (χ0n) is 11.8. The molecule has 0 saturated carbocycles. The molecule has 1 aromatic rings. The molecule has 6 nitrogen and oxygen atoms in total. The summed E-state index contributed by atoms with van der Waals surface area (Å²) in [5, 5.41) is 8.38. The first-order valence-corrected chi connectivity index (χ1v) is 8.13. The average Bonchev–Trinajstić information content (AvgIpc) is 2.47. The molecule has 0 aliphatic rings. The van der Waals surface area contributed by atoms with Crippen LogP contribution in [0.25, 0.3) is 0 Å². The molecule has 0 heterocycles. The maximum Gasteiger partial charge on any atom is 0.338 e. The van der Waals surface area contributed by atoms with E-state index in [9.17, 15) is 13.2 Å². The number of ether oxygens (including phenoxy) is 1. The number of nitrogens with one attached hydrogen (secondary N) is 1. The van der Waals surface area contributed by atoms with E-state index in [1.54, 1.807) is 0 Å². The number of rotatable bonds is 8. The third kappa shape index (κ3) is 5.53. The number of benzene rings is 1. The highest BCUT2D eigenvalue weighted by atomic mass is 32.2. The highest BCUT2D eigenvalue weighted by Crippen LogP contribution is 2.11. The molecule has 0 fully saturated rings. The number of esters is 1. The predicted octanol–water partition coefficient (Wildman–Crippen LogP) is 1.84. The van der Waals surface area contributed by atoms with Gasteiger partial charge in [0, 0.05) is 13.0 Å². The first-order chi connectivity index (χ1) is 10.0. The van der Waals surface area contributed by atoms with Gasteiger partial charge in [-0.2, -0.15) is 5.26 Å². The van der Waals surface area contributed by atoms with E-state index in [0.717, 1.165) is 12.8 Å². The zero-order valence-corrected chi connectivity index (χ0v) is 12.6. The summed E-state index contributed by atoms with van der Waals surface area (Å²) in [5.41, 5.74) is 0.307. The lowest BCUT2D eigenvalue weighted by Crippen LogP contribution is -2.24. The van der Waals surface area contributed by atoms with Gasteiger partial charge in [0.15, 0.2) is 0 Å². The largest absolute Gasteiger partial charge is 0.462 e. The summed E-state index contributed by atoms with van der Waals surface area (Å²) < 4.78 is 31.1. The van der Waals surface area contributed by atoms with E-state index in [1.165, 1.54) is 24.3 Å². The van der Waals surface area contributed by atoms with Gasteiger partial charge in [-0.15, -0.1) is 0 Å². The van der Waals surface area contributed by atoms with Crippen LogP contribution in [0.1, 0.15) is 36.5 Å². The van der Waals surface area contributed by atoms with Crippen LogP contribution in [0.15, 0.2) is 29.2 Å². The van der Waals surface area contributed by atoms with Gasteiger partial charge in [0.2, 0.25) is 10.0 Å². The van der Waals surface area contributed by atoms with Crippen molar-refractivity contribution in [1.29, 1.82) is 5.26 Å². The van der Waals surface area contributed by atoms with E-state index in [4.69, 9.17) is 10.00 Å². The summed E-state index contributed by atoms with van der Waals surface area (Å²) in [5.74, 6) is -0.468. The van der Waals surface area contributed by atoms with Gasteiger partial charge < -0.3 is 4.74 Å². The molecule has 1 N–H and O–H groups in total. The van der Waals surface area contributed by atoms with E-state index in [-0.39, 0.29) is 17.9 Å². The van der Waals surface area contributed by atoms with Crippen molar-refractivity contribution in [2.75, 3.05) is 13.2 Å². The topological polar surface area (TPSA) is 96.3 Å². The average molecular weight is 310 g/mol. The molecule has 0 atom stereocenters. The maximum atomic E-state index is 11.9. The smallest absolute Gasteiger partial charge is 0.338 e. The van der Waals surface area contributed by atoms with Crippen molar-refractivity contribution >= 4 is 16.0 Å². The molecule has 0 aromatic heterocycles. The van der Waals surface area contributed by atoms with Crippen molar-refractivity contribution < 1.29 is 17.9 Å². The van der Waals surface area contributed by atoms with Crippen LogP contribution in [0, 0.1) is 11.3 Å². The van der Waals surface area contributed by atoms with Crippen molar-refractivity contribution in [3.63, 3.8) is 0 Å². The van der Waals surface area contributed by atoms with Crippen LogP contribution in [0.4, 0.5) is 0 Å². The Bertz CT molecular complexity index is 603. The van der Waals surface area contributed by atoms with Crippen LogP contribution in [-0.2, 0) is 14.8 Å². The number of nitriles is 1. The SMILES string of the molecule is CCCCOC(=O)c1ccc(S(=O)(=O)NCCC#N)cc1. The molecule has 0 aliphatic carbocycles. The van der Waals surface area contributed by atoms with Crippen LogP contribution < -0.4 is 4.72 Å². The lowest BCUT2D eigenvalue weighted by Gasteiger charge is -2.07. The number of sulfonamides is 1. The highest BCUT2D eigenvalue weighted by Gasteiger charge is 2.14. The molecular formula is C14H18N2O4S. The molecule has 0 amide bonds. The minimum atomic E-state index is -3.65. The van der Waals surface area contributed by atoms with Crippen LogP contribution >= 0.6 is 0 Å². The zero-order chi connectivity index (χ0) is 15.7. The van der Waals surface area contributed by atoms with Gasteiger partial charge in [0.05, 0.1) is 23.1 Å². The number of nitrogens with zero attached hydrogens (tertiary/aromatic N) is 1. The van der Waals surface area contributed by atoms with E-state index in [1.807, 2.05) is 13.0 Å². The van der Waals surface area contributed by atoms with Crippen LogP contribution in [0.3, 0.4) is 0 Å². The van der Waals surface area contributed by atoms with Crippen LogP contribution in [0.5, 0.6) is 0 Å². The van der Waals surface area contributed by atoms with Crippen molar-refractivity contribution in [3.05, 3.63) is 29.8 Å². The quantitative estimate of drug-likeness (QED) is 0.583. The highest BCUT2D eigenvalue weighted by molar-refractivity contribution is 7.89. The number of hydrogen-bond acceptors (Lipinski definition) is 5. The van der Waals surface area contributed by atoms with Gasteiger partial charge in [0.25, 0.3) is 0 Å². The Morgan fingerprint density at radius 3 is 2.57 bits per heavy atom. The molecule has 0 spiro atoms. The lowest BCUT2D eigenvalue weighted by atomic mass is 10.2. The Hall–Kier alpha value is -1.91. The number of hydrogen-bond donors (Lipinski definition) is 1. The normalized spacial score (nSPS) is 10.9. The summed E-state index contributed by atoms with van der Waals surface area (Å²) >= 11 is 0. The van der Waals surface area contributed by atoms with Gasteiger partial charge in [-0.3, -0.25) is 0 Å². The van der Waals surface area contributed by atoms with Crippen LogP contribution in [0.2, 0.25) is 0 Å². The molecular weight excluding hydrogens is 292 g/mol. The van der Waals surface area contributed by atoms with Crippen molar-refractivity contribution in [1.82, 2.24) is 4.72 Å². The molecule has 0 bridgehead atoms. The second-order valence-corrected chi connectivity index (χ2v) is 6.09. The third-order valence-electron chi connectivity index (χ3n) is 2.66. The van der Waals surface area contributed by atoms with E-state index < -0.39 is 16.0 Å². The fourth-order valence-electron chi connectivity index (χ4n) is 1.49. The maximum absolute atomic E-state index is 11.9. The molecule has 1 aromatic carbocycles. The molecule has 1 rings (SSSR count). The number of carbonyl (C=O) groups is 1. The van der Waals surface area contributed by atoms with Gasteiger partial charge >= 0.3 is 5.97 Å². The molecule has 7 heteroatoms. The Kier molecular flexibility index (Phi) is 6.85. The minimum Gasteiger partial charge on any atom is -0.462 e. The Balaban J connectivity index is 2.69. The van der Waals surface area contributed by atoms with Gasteiger partial charge in [-0.05, 0) is 30.7 Å². The standard InChI is InChI=1S/C14H18N2O4S/c1-2-3-11-20-14(17)12-5-7-13(8-6-12)21(18,19)16-10-4-9-15/h5-8,16H,2-4,10-11H2,1H3. The minimum absolute atomic E-state index is 0.0468. The van der Waals surface area contributed by atoms with E-state index in [0.29, 0.717) is 12.2 Å². The molecule has 0 radical (unpaired) electrons. The van der Waals surface area contributed by atoms with E-state index in [2.05, 4.69) is 4.72 Å². The van der Waals surface area contributed by atoms with Gasteiger partial charge in [-0.1, -0.05) is 13.3 Å². The molecule has 114 valence electrons. The second-order valence-electron chi connectivity index (χ2n) is 4.32. The lowest BCUT2D eigenvalue weighted by molar-refractivity contribution is 0.0499. The Morgan fingerprint density at radius 2 is 2.00 bits per heavy atom. The van der Waals surface area contributed by atoms with Gasteiger partial charge in [-0.25, -0.2) is 17.9 Å². The summed E-state index contributed by atoms with van der Waals surface area (Å²) in [6.45, 7) is 2.40. The fraction of sp³-hybridized carbons (Fsp3) is 0.429. The molecule has 0 saturated heterocycles. The first-order valence-electron chi connectivity index (χ1n) is 6.65. The van der Waals surface area contributed by atoms with Crippen molar-refractivity contribution in [3.8, 4) is 6.07 Å². The predicted molar refractivity (Wildman–Crippen MR) is 77.1 cm³/mol. The first kappa shape index (κ1) is 17.1. The summed E-state index contributed by atoms with van der Waals surface area (Å²) in [6, 6.07) is 7.35. The van der Waals surface area contributed by atoms with Gasteiger partial charge in [0.1, 0.15) is 0 Å². The van der Waals surface area contributed by atoms with Crippen molar-refractivity contribution in [2.45, 2.75) is 31.1 Å². The summed E-state index contributed by atoms with van der Waals surface area (Å²) in [6.07, 6.45) is 1.82. The molecule has 0 unspecified atom stereocenters. The number of carbonyl (C=O) groups excluding carboxylic acids is 1. The molecule has 21 heavy (non-hydrogen) atoms. The summed E-state index contributed by atoms with van der Waals surface area (Å²) in [4.78, 5) is 11.7. The third-order valence-corrected chi connectivity index (χ3v) is 4.14. The Labute approximate surface area is 124 Å². The number of unbranched alkanes of at least 4 members (excludes halogenated alkanes) is 1. The second kappa shape index (κ2) is 8.39. The van der Waals surface area contributed by atoms with Crippen molar-refractivity contribution in [2.24, 2.45) is 0 Å².